The van der Waals surface area contributed by atoms with Gasteiger partial charge in [0.2, 0.25) is 5.91 Å². The highest BCUT2D eigenvalue weighted by molar-refractivity contribution is 5.81. The van der Waals surface area contributed by atoms with Gasteiger partial charge in [-0.2, -0.15) is 0 Å². The van der Waals surface area contributed by atoms with Crippen molar-refractivity contribution in [3.63, 3.8) is 0 Å². The standard InChI is InChI=1S/C27H44N2O/c1-20(2)16-21(3)14-15-23(17-22-12-10-9-11-13-22)25(30)28-24-18-26(4,5)29(8)27(6,7)19-24/h9-15,20-21,23-24H,16-19H2,1-8H3,(H,28,30)/b15-14+/t21-,23?/m1/s1. The van der Waals surface area contributed by atoms with Gasteiger partial charge < -0.3 is 5.32 Å². The van der Waals surface area contributed by atoms with Gasteiger partial charge in [0, 0.05) is 17.1 Å². The van der Waals surface area contributed by atoms with E-state index in [4.69, 9.17) is 0 Å². The zero-order valence-electron chi connectivity index (χ0n) is 20.5. The lowest BCUT2D eigenvalue weighted by Gasteiger charge is -2.53. The number of nitrogens with zero attached hydrogens (tertiary/aromatic N) is 1. The third-order valence-corrected chi connectivity index (χ3v) is 6.80. The Morgan fingerprint density at radius 3 is 2.17 bits per heavy atom. The molecule has 168 valence electrons. The highest BCUT2D eigenvalue weighted by Gasteiger charge is 2.43. The van der Waals surface area contributed by atoms with Crippen molar-refractivity contribution >= 4 is 5.91 Å². The molecular weight excluding hydrogens is 368 g/mol. The molecule has 0 aliphatic carbocycles. The van der Waals surface area contributed by atoms with Crippen LogP contribution >= 0.6 is 0 Å². The molecule has 1 aliphatic rings. The van der Waals surface area contributed by atoms with Crippen LogP contribution < -0.4 is 5.32 Å². The number of amides is 1. The van der Waals surface area contributed by atoms with Crippen LogP contribution in [0.25, 0.3) is 0 Å². The molecule has 1 unspecified atom stereocenters. The predicted molar refractivity (Wildman–Crippen MR) is 128 cm³/mol. The molecule has 0 radical (unpaired) electrons. The van der Waals surface area contributed by atoms with Gasteiger partial charge in [0.1, 0.15) is 0 Å². The van der Waals surface area contributed by atoms with Gasteiger partial charge in [0.25, 0.3) is 0 Å². The molecule has 0 saturated carbocycles. The fourth-order valence-corrected chi connectivity index (χ4v) is 5.04. The van der Waals surface area contributed by atoms with Crippen LogP contribution in [0.5, 0.6) is 0 Å². The number of likely N-dealkylation sites (tertiary alicyclic amines) is 1. The number of rotatable bonds is 8. The fourth-order valence-electron chi connectivity index (χ4n) is 5.04. The molecule has 1 heterocycles. The van der Waals surface area contributed by atoms with E-state index in [1.54, 1.807) is 0 Å². The topological polar surface area (TPSA) is 32.3 Å². The van der Waals surface area contributed by atoms with Crippen molar-refractivity contribution in [3.05, 3.63) is 48.0 Å². The second-order valence-corrected chi connectivity index (χ2v) is 11.1. The van der Waals surface area contributed by atoms with Gasteiger partial charge in [-0.15, -0.1) is 0 Å². The van der Waals surface area contributed by atoms with E-state index in [1.165, 1.54) is 5.56 Å². The maximum atomic E-state index is 13.4. The summed E-state index contributed by atoms with van der Waals surface area (Å²) in [5.41, 5.74) is 1.34. The zero-order valence-corrected chi connectivity index (χ0v) is 20.5. The Bertz CT molecular complexity index is 687. The third kappa shape index (κ3) is 6.97. The number of piperidine rings is 1. The summed E-state index contributed by atoms with van der Waals surface area (Å²) in [6, 6.07) is 10.6. The highest BCUT2D eigenvalue weighted by Crippen LogP contribution is 2.37. The first kappa shape index (κ1) is 24.7. The van der Waals surface area contributed by atoms with Gasteiger partial charge in [-0.25, -0.2) is 0 Å². The van der Waals surface area contributed by atoms with E-state index in [0.29, 0.717) is 11.8 Å². The molecule has 0 aromatic heterocycles. The number of hydrogen-bond acceptors (Lipinski definition) is 2. The summed E-state index contributed by atoms with van der Waals surface area (Å²) >= 11 is 0. The Hall–Kier alpha value is -1.61. The Morgan fingerprint density at radius 1 is 1.07 bits per heavy atom. The van der Waals surface area contributed by atoms with E-state index >= 15 is 0 Å². The molecule has 1 saturated heterocycles. The largest absolute Gasteiger partial charge is 0.353 e. The highest BCUT2D eigenvalue weighted by atomic mass is 16.1. The molecule has 3 nitrogen and oxygen atoms in total. The summed E-state index contributed by atoms with van der Waals surface area (Å²) in [4.78, 5) is 15.8. The molecule has 1 aromatic carbocycles. The van der Waals surface area contributed by atoms with Crippen LogP contribution in [0.3, 0.4) is 0 Å². The summed E-state index contributed by atoms with van der Waals surface area (Å²) in [7, 11) is 2.20. The molecule has 3 heteroatoms. The number of allylic oxidation sites excluding steroid dienone is 1. The second kappa shape index (κ2) is 10.1. The van der Waals surface area contributed by atoms with Crippen molar-refractivity contribution in [3.8, 4) is 0 Å². The Labute approximate surface area is 185 Å². The van der Waals surface area contributed by atoms with E-state index < -0.39 is 0 Å². The lowest BCUT2D eigenvalue weighted by molar-refractivity contribution is -0.125. The van der Waals surface area contributed by atoms with E-state index in [0.717, 1.165) is 25.7 Å². The van der Waals surface area contributed by atoms with Crippen LogP contribution in [-0.4, -0.2) is 35.0 Å². The number of benzene rings is 1. The monoisotopic (exact) mass is 412 g/mol. The summed E-state index contributed by atoms with van der Waals surface area (Å²) in [6.45, 7) is 15.9. The molecular formula is C27H44N2O. The Morgan fingerprint density at radius 2 is 1.63 bits per heavy atom. The smallest absolute Gasteiger partial charge is 0.227 e. The minimum Gasteiger partial charge on any atom is -0.353 e. The van der Waals surface area contributed by atoms with Crippen LogP contribution in [0.15, 0.2) is 42.5 Å². The van der Waals surface area contributed by atoms with Gasteiger partial charge >= 0.3 is 0 Å². The average Bonchev–Trinajstić information content (AvgIpc) is 2.62. The number of nitrogens with one attached hydrogen (secondary N) is 1. The molecule has 1 fully saturated rings. The van der Waals surface area contributed by atoms with Crippen LogP contribution in [0.4, 0.5) is 0 Å². The SMILES string of the molecule is CC(C)C[C@H](C)/C=C/C(Cc1ccccc1)C(=O)NC1CC(C)(C)N(C)C(C)(C)C1. The van der Waals surface area contributed by atoms with Crippen molar-refractivity contribution in [2.75, 3.05) is 7.05 Å². The third-order valence-electron chi connectivity index (χ3n) is 6.80. The Balaban J connectivity index is 2.14. The molecule has 1 amide bonds. The van der Waals surface area contributed by atoms with Crippen LogP contribution in [0.1, 0.15) is 73.3 Å². The summed E-state index contributed by atoms with van der Waals surface area (Å²) in [5.74, 6) is 1.17. The zero-order chi connectivity index (χ0) is 22.5. The second-order valence-electron chi connectivity index (χ2n) is 11.1. The fraction of sp³-hybridized carbons (Fsp3) is 0.667. The van der Waals surface area contributed by atoms with Crippen molar-refractivity contribution < 1.29 is 4.79 Å². The van der Waals surface area contributed by atoms with Crippen molar-refractivity contribution in [2.24, 2.45) is 17.8 Å². The lowest BCUT2D eigenvalue weighted by atomic mass is 9.77. The van der Waals surface area contributed by atoms with Crippen LogP contribution in [0.2, 0.25) is 0 Å². The molecule has 30 heavy (non-hydrogen) atoms. The first-order chi connectivity index (χ1) is 13.9. The molecule has 2 atom stereocenters. The number of carbonyl (C=O) groups excluding carboxylic acids is 1. The van der Waals surface area contributed by atoms with Gasteiger partial charge in [-0.3, -0.25) is 9.69 Å². The van der Waals surface area contributed by atoms with Gasteiger partial charge in [-0.1, -0.05) is 63.3 Å². The summed E-state index contributed by atoms with van der Waals surface area (Å²) < 4.78 is 0. The van der Waals surface area contributed by atoms with Gasteiger partial charge in [0.05, 0.1) is 5.92 Å². The molecule has 2 rings (SSSR count). The minimum atomic E-state index is -0.132. The van der Waals surface area contributed by atoms with Crippen molar-refractivity contribution in [1.82, 2.24) is 10.2 Å². The first-order valence-corrected chi connectivity index (χ1v) is 11.7. The minimum absolute atomic E-state index is 0.0657. The van der Waals surface area contributed by atoms with Gasteiger partial charge in [-0.05, 0) is 77.8 Å². The van der Waals surface area contributed by atoms with Crippen molar-refractivity contribution in [1.29, 1.82) is 0 Å². The number of carbonyl (C=O) groups is 1. The van der Waals surface area contributed by atoms with Crippen molar-refractivity contribution in [2.45, 2.75) is 91.3 Å². The van der Waals surface area contributed by atoms with E-state index in [2.05, 4.69) is 102 Å². The lowest BCUT2D eigenvalue weighted by Crippen LogP contribution is -2.62. The molecule has 0 spiro atoms. The Kier molecular flexibility index (Phi) is 8.33. The summed E-state index contributed by atoms with van der Waals surface area (Å²) in [6.07, 6.45) is 8.25. The maximum absolute atomic E-state index is 13.4. The van der Waals surface area contributed by atoms with E-state index in [1.807, 2.05) is 6.07 Å². The predicted octanol–water partition coefficient (Wildman–Crippen LogP) is 5.85. The molecule has 0 bridgehead atoms. The van der Waals surface area contributed by atoms with Gasteiger partial charge in [0.15, 0.2) is 0 Å². The summed E-state index contributed by atoms with van der Waals surface area (Å²) in [5, 5.41) is 3.42. The maximum Gasteiger partial charge on any atom is 0.227 e. The van der Waals surface area contributed by atoms with E-state index in [9.17, 15) is 4.79 Å². The first-order valence-electron chi connectivity index (χ1n) is 11.7. The van der Waals surface area contributed by atoms with Crippen LogP contribution in [-0.2, 0) is 11.2 Å². The normalized spacial score (nSPS) is 21.6. The molecule has 1 N–H and O–H groups in total. The average molecular weight is 413 g/mol. The molecule has 1 aliphatic heterocycles. The molecule has 1 aromatic rings. The van der Waals surface area contributed by atoms with E-state index in [-0.39, 0.29) is 28.9 Å². The number of hydrogen-bond donors (Lipinski definition) is 1. The quantitative estimate of drug-likeness (QED) is 0.543. The van der Waals surface area contributed by atoms with Crippen LogP contribution in [0, 0.1) is 17.8 Å².